The lowest BCUT2D eigenvalue weighted by molar-refractivity contribution is -0.385. The molecule has 29 heavy (non-hydrogen) atoms. The molecule has 0 bridgehead atoms. The summed E-state index contributed by atoms with van der Waals surface area (Å²) in [6, 6.07) is 12.0. The maximum absolute atomic E-state index is 12.8. The van der Waals surface area contributed by atoms with Gasteiger partial charge in [-0.3, -0.25) is 24.8 Å². The Balaban J connectivity index is 1.87. The summed E-state index contributed by atoms with van der Waals surface area (Å²) < 4.78 is 0. The van der Waals surface area contributed by atoms with E-state index < -0.39 is 22.8 Å². The first-order valence-corrected chi connectivity index (χ1v) is 8.92. The number of carbonyl (C=O) groups is 2. The first kappa shape index (κ1) is 19.7. The number of carbonyl (C=O) groups excluding carboxylic acids is 2. The molecule has 2 aromatic carbocycles. The smallest absolute Gasteiger partial charge is 0.273 e. The third-order valence-electron chi connectivity index (χ3n) is 4.36. The van der Waals surface area contributed by atoms with Crippen molar-refractivity contribution < 1.29 is 14.5 Å². The predicted molar refractivity (Wildman–Crippen MR) is 106 cm³/mol. The fourth-order valence-corrected chi connectivity index (χ4v) is 2.87. The van der Waals surface area contributed by atoms with Crippen LogP contribution in [0.5, 0.6) is 0 Å². The zero-order valence-corrected chi connectivity index (χ0v) is 15.6. The Labute approximate surface area is 166 Å². The lowest BCUT2D eigenvalue weighted by Gasteiger charge is -2.18. The summed E-state index contributed by atoms with van der Waals surface area (Å²) in [5, 5.41) is 23.0. The largest absolute Gasteiger partial charge is 0.336 e. The predicted octanol–water partition coefficient (Wildman–Crippen LogP) is 2.99. The molecule has 0 aliphatic heterocycles. The third kappa shape index (κ3) is 4.64. The molecule has 0 aliphatic rings. The SMILES string of the molecule is CCc1ccc(C(=O)N[C@@H](C(=O)Nc2cn[nH]c2)c2ccccc2)cc1[N+](=O)[O-]. The number of hydrogen-bond acceptors (Lipinski definition) is 5. The number of aryl methyl sites for hydroxylation is 1. The number of nitro groups is 1. The average Bonchev–Trinajstić information content (AvgIpc) is 3.24. The first-order valence-electron chi connectivity index (χ1n) is 8.92. The molecule has 0 aliphatic carbocycles. The molecule has 1 aromatic heterocycles. The minimum Gasteiger partial charge on any atom is -0.336 e. The number of aromatic nitrogens is 2. The number of amides is 2. The number of H-pyrrole nitrogens is 1. The minimum atomic E-state index is -0.997. The van der Waals surface area contributed by atoms with Gasteiger partial charge in [-0.2, -0.15) is 5.10 Å². The van der Waals surface area contributed by atoms with Crippen LogP contribution in [0.1, 0.15) is 34.5 Å². The molecule has 1 heterocycles. The number of anilines is 1. The van der Waals surface area contributed by atoms with Gasteiger partial charge in [0.2, 0.25) is 0 Å². The van der Waals surface area contributed by atoms with Gasteiger partial charge in [0.1, 0.15) is 6.04 Å². The molecule has 0 radical (unpaired) electrons. The van der Waals surface area contributed by atoms with E-state index in [9.17, 15) is 19.7 Å². The topological polar surface area (TPSA) is 130 Å². The second kappa shape index (κ2) is 8.79. The van der Waals surface area contributed by atoms with E-state index in [4.69, 9.17) is 0 Å². The van der Waals surface area contributed by atoms with Crippen molar-refractivity contribution in [3.05, 3.63) is 87.7 Å². The van der Waals surface area contributed by atoms with Gasteiger partial charge in [0.25, 0.3) is 17.5 Å². The summed E-state index contributed by atoms with van der Waals surface area (Å²) in [5.41, 5.74) is 1.53. The molecule has 3 rings (SSSR count). The van der Waals surface area contributed by atoms with Crippen LogP contribution in [-0.4, -0.2) is 26.9 Å². The highest BCUT2D eigenvalue weighted by molar-refractivity contribution is 6.01. The van der Waals surface area contributed by atoms with Gasteiger partial charge in [-0.15, -0.1) is 0 Å². The molecule has 3 aromatic rings. The van der Waals surface area contributed by atoms with Crippen molar-refractivity contribution in [1.82, 2.24) is 15.5 Å². The maximum atomic E-state index is 12.8. The molecular weight excluding hydrogens is 374 g/mol. The van der Waals surface area contributed by atoms with Gasteiger partial charge in [-0.05, 0) is 18.1 Å². The molecule has 0 fully saturated rings. The van der Waals surface area contributed by atoms with Crippen LogP contribution in [0.15, 0.2) is 60.9 Å². The molecule has 148 valence electrons. The van der Waals surface area contributed by atoms with Gasteiger partial charge in [-0.25, -0.2) is 0 Å². The zero-order valence-electron chi connectivity index (χ0n) is 15.6. The fraction of sp³-hybridized carbons (Fsp3) is 0.150. The molecule has 0 unspecified atom stereocenters. The summed E-state index contributed by atoms with van der Waals surface area (Å²) in [6.07, 6.45) is 3.42. The molecular formula is C20H19N5O4. The van der Waals surface area contributed by atoms with Crippen molar-refractivity contribution in [3.63, 3.8) is 0 Å². The normalized spacial score (nSPS) is 11.5. The van der Waals surface area contributed by atoms with Crippen LogP contribution in [0.25, 0.3) is 0 Å². The van der Waals surface area contributed by atoms with Gasteiger partial charge >= 0.3 is 0 Å². The van der Waals surface area contributed by atoms with E-state index in [1.54, 1.807) is 43.3 Å². The molecule has 9 nitrogen and oxygen atoms in total. The van der Waals surface area contributed by atoms with Crippen molar-refractivity contribution in [1.29, 1.82) is 0 Å². The average molecular weight is 393 g/mol. The Morgan fingerprint density at radius 3 is 2.59 bits per heavy atom. The number of aromatic amines is 1. The van der Waals surface area contributed by atoms with E-state index in [0.29, 0.717) is 23.2 Å². The third-order valence-corrected chi connectivity index (χ3v) is 4.36. The van der Waals surface area contributed by atoms with E-state index in [0.717, 1.165) is 0 Å². The Morgan fingerprint density at radius 2 is 1.97 bits per heavy atom. The summed E-state index contributed by atoms with van der Waals surface area (Å²) in [7, 11) is 0. The quantitative estimate of drug-likeness (QED) is 0.420. The highest BCUT2D eigenvalue weighted by atomic mass is 16.6. The van der Waals surface area contributed by atoms with Gasteiger partial charge in [-0.1, -0.05) is 43.3 Å². The zero-order chi connectivity index (χ0) is 20.8. The van der Waals surface area contributed by atoms with Gasteiger partial charge in [0, 0.05) is 23.4 Å². The van der Waals surface area contributed by atoms with Gasteiger partial charge in [0.05, 0.1) is 16.8 Å². The Morgan fingerprint density at radius 1 is 1.21 bits per heavy atom. The van der Waals surface area contributed by atoms with Gasteiger partial charge < -0.3 is 10.6 Å². The number of benzene rings is 2. The van der Waals surface area contributed by atoms with Crippen molar-refractivity contribution >= 4 is 23.2 Å². The standard InChI is InChI=1S/C20H19N5O4/c1-2-13-8-9-15(10-17(13)25(28)29)19(26)24-18(14-6-4-3-5-7-14)20(27)23-16-11-21-22-12-16/h3-12,18H,2H2,1H3,(H,21,22)(H,23,27)(H,24,26)/t18-/m1/s1. The molecule has 1 atom stereocenters. The summed E-state index contributed by atoms with van der Waals surface area (Å²) in [4.78, 5) is 36.3. The van der Waals surface area contributed by atoms with Crippen LogP contribution in [-0.2, 0) is 11.2 Å². The van der Waals surface area contributed by atoms with E-state index in [1.807, 2.05) is 0 Å². The molecule has 3 N–H and O–H groups in total. The monoisotopic (exact) mass is 393 g/mol. The van der Waals surface area contributed by atoms with Crippen molar-refractivity contribution in [2.45, 2.75) is 19.4 Å². The van der Waals surface area contributed by atoms with E-state index in [1.165, 1.54) is 24.5 Å². The Hall–Kier alpha value is -4.01. The van der Waals surface area contributed by atoms with E-state index in [-0.39, 0.29) is 11.3 Å². The van der Waals surface area contributed by atoms with Crippen LogP contribution in [0.3, 0.4) is 0 Å². The van der Waals surface area contributed by atoms with E-state index in [2.05, 4.69) is 20.8 Å². The second-order valence-corrected chi connectivity index (χ2v) is 6.25. The molecule has 9 heteroatoms. The van der Waals surface area contributed by atoms with Crippen molar-refractivity contribution in [2.75, 3.05) is 5.32 Å². The number of nitro benzene ring substituents is 1. The van der Waals surface area contributed by atoms with Gasteiger partial charge in [0.15, 0.2) is 0 Å². The van der Waals surface area contributed by atoms with Crippen LogP contribution < -0.4 is 10.6 Å². The number of rotatable bonds is 7. The molecule has 0 saturated carbocycles. The minimum absolute atomic E-state index is 0.103. The van der Waals surface area contributed by atoms with Crippen molar-refractivity contribution in [3.8, 4) is 0 Å². The number of nitrogens with one attached hydrogen (secondary N) is 3. The Kier molecular flexibility index (Phi) is 5.98. The van der Waals surface area contributed by atoms with Crippen molar-refractivity contribution in [2.24, 2.45) is 0 Å². The first-order chi connectivity index (χ1) is 14.0. The Bertz CT molecular complexity index is 1020. The summed E-state index contributed by atoms with van der Waals surface area (Å²) in [5.74, 6) is -1.06. The number of nitrogens with zero attached hydrogens (tertiary/aromatic N) is 2. The molecule has 0 saturated heterocycles. The van der Waals surface area contributed by atoms with Crippen LogP contribution >= 0.6 is 0 Å². The highest BCUT2D eigenvalue weighted by Gasteiger charge is 2.25. The summed E-state index contributed by atoms with van der Waals surface area (Å²) in [6.45, 7) is 1.80. The second-order valence-electron chi connectivity index (χ2n) is 6.25. The maximum Gasteiger partial charge on any atom is 0.273 e. The van der Waals surface area contributed by atoms with Crippen LogP contribution in [0, 0.1) is 10.1 Å². The molecule has 2 amide bonds. The van der Waals surface area contributed by atoms with E-state index >= 15 is 0 Å². The van der Waals surface area contributed by atoms with Crippen LogP contribution in [0.4, 0.5) is 11.4 Å². The lowest BCUT2D eigenvalue weighted by atomic mass is 10.0. The highest BCUT2D eigenvalue weighted by Crippen LogP contribution is 2.22. The van der Waals surface area contributed by atoms with Crippen LogP contribution in [0.2, 0.25) is 0 Å². The number of hydrogen-bond donors (Lipinski definition) is 3. The summed E-state index contributed by atoms with van der Waals surface area (Å²) >= 11 is 0. The molecule has 0 spiro atoms. The lowest BCUT2D eigenvalue weighted by Crippen LogP contribution is -2.37. The fourth-order valence-electron chi connectivity index (χ4n) is 2.87.